The number of rotatable bonds is 9. The summed E-state index contributed by atoms with van der Waals surface area (Å²) in [5, 5.41) is 13.8. The van der Waals surface area contributed by atoms with Crippen LogP contribution < -0.4 is 10.5 Å². The van der Waals surface area contributed by atoms with Crippen LogP contribution in [0.25, 0.3) is 11.3 Å². The van der Waals surface area contributed by atoms with Crippen LogP contribution >= 0.6 is 15.9 Å². The van der Waals surface area contributed by atoms with E-state index in [4.69, 9.17) is 14.9 Å². The molecular weight excluding hydrogens is 625 g/mol. The first kappa shape index (κ1) is 29.5. The first-order valence-electron chi connectivity index (χ1n) is 11.5. The Hall–Kier alpha value is -4.47. The lowest BCUT2D eigenvalue weighted by atomic mass is 10.1. The number of oxazole rings is 1. The molecule has 3 N–H and O–H groups in total. The summed E-state index contributed by atoms with van der Waals surface area (Å²) < 4.78 is 80.8. The summed E-state index contributed by atoms with van der Waals surface area (Å²) in [6, 6.07) is 5.57. The van der Waals surface area contributed by atoms with E-state index in [9.17, 15) is 32.3 Å². The standard InChI is InChI=1S/C25H19BrF5N5O5/c1-35-9-12(8-33-35)10-36(24(38)39)11-17(40-16-7-6-15(27)18(19(16)28)22(32)37)23-34-20(21(26)41-23)13-2-4-14(5-3-13)25(29,30)31/h2-9,17H,10-11H2,1H3,(H2,32,37)(H,38,39). The highest BCUT2D eigenvalue weighted by molar-refractivity contribution is 9.10. The molecule has 0 saturated carbocycles. The maximum atomic E-state index is 15.0. The molecule has 0 spiro atoms. The summed E-state index contributed by atoms with van der Waals surface area (Å²) in [6.07, 6.45) is -4.48. The van der Waals surface area contributed by atoms with Crippen LogP contribution in [-0.2, 0) is 19.8 Å². The molecular formula is C25H19BrF5N5O5. The number of carbonyl (C=O) groups is 2. The average Bonchev–Trinajstić information content (AvgIpc) is 3.48. The summed E-state index contributed by atoms with van der Waals surface area (Å²) in [7, 11) is 1.63. The monoisotopic (exact) mass is 643 g/mol. The minimum Gasteiger partial charge on any atom is -0.476 e. The number of aryl methyl sites for hydroxylation is 1. The molecule has 0 radical (unpaired) electrons. The van der Waals surface area contributed by atoms with Crippen LogP contribution in [0.5, 0.6) is 5.75 Å². The van der Waals surface area contributed by atoms with Gasteiger partial charge in [0.2, 0.25) is 5.89 Å². The average molecular weight is 644 g/mol. The number of primary amides is 1. The highest BCUT2D eigenvalue weighted by Crippen LogP contribution is 2.36. The van der Waals surface area contributed by atoms with Gasteiger partial charge in [-0.15, -0.1) is 0 Å². The van der Waals surface area contributed by atoms with Crippen LogP contribution in [0, 0.1) is 11.6 Å². The Morgan fingerprint density at radius 3 is 2.44 bits per heavy atom. The number of benzene rings is 2. The predicted molar refractivity (Wildman–Crippen MR) is 135 cm³/mol. The van der Waals surface area contributed by atoms with Crippen molar-refractivity contribution >= 4 is 27.9 Å². The van der Waals surface area contributed by atoms with Crippen molar-refractivity contribution in [2.24, 2.45) is 12.8 Å². The van der Waals surface area contributed by atoms with Gasteiger partial charge in [0.05, 0.1) is 24.8 Å². The predicted octanol–water partition coefficient (Wildman–Crippen LogP) is 5.53. The van der Waals surface area contributed by atoms with Crippen molar-refractivity contribution in [3.8, 4) is 17.0 Å². The molecule has 41 heavy (non-hydrogen) atoms. The second kappa shape index (κ2) is 11.6. The van der Waals surface area contributed by atoms with E-state index in [1.165, 1.54) is 10.9 Å². The van der Waals surface area contributed by atoms with Gasteiger partial charge < -0.3 is 20.0 Å². The Morgan fingerprint density at radius 2 is 1.88 bits per heavy atom. The molecule has 2 aromatic carbocycles. The van der Waals surface area contributed by atoms with Gasteiger partial charge in [-0.1, -0.05) is 12.1 Å². The minimum absolute atomic E-state index is 0.0360. The molecule has 1 atom stereocenters. The molecule has 216 valence electrons. The van der Waals surface area contributed by atoms with Crippen molar-refractivity contribution in [1.82, 2.24) is 19.7 Å². The summed E-state index contributed by atoms with van der Waals surface area (Å²) in [5.74, 6) is -5.07. The van der Waals surface area contributed by atoms with Gasteiger partial charge in [-0.3, -0.25) is 14.4 Å². The zero-order valence-electron chi connectivity index (χ0n) is 20.8. The van der Waals surface area contributed by atoms with Gasteiger partial charge in [0, 0.05) is 24.4 Å². The van der Waals surface area contributed by atoms with Gasteiger partial charge >= 0.3 is 12.3 Å². The third-order valence-corrected chi connectivity index (χ3v) is 6.26. The van der Waals surface area contributed by atoms with E-state index < -0.39 is 59.3 Å². The Kier molecular flexibility index (Phi) is 8.32. The summed E-state index contributed by atoms with van der Waals surface area (Å²) in [6.45, 7) is -0.707. The number of carboxylic acid groups (broad SMARTS) is 1. The SMILES string of the molecule is Cn1cc(CN(CC(Oc2ccc(F)c(C(N)=O)c2F)c2nc(-c3ccc(C(F)(F)F)cc3)c(Br)o2)C(=O)O)cn1. The molecule has 2 amide bonds. The van der Waals surface area contributed by atoms with E-state index in [1.807, 2.05) is 0 Å². The van der Waals surface area contributed by atoms with Gasteiger partial charge in [0.15, 0.2) is 22.3 Å². The number of nitrogens with two attached hydrogens (primary N) is 1. The zero-order chi connectivity index (χ0) is 30.1. The lowest BCUT2D eigenvalue weighted by Crippen LogP contribution is -2.35. The van der Waals surface area contributed by atoms with Crippen LogP contribution in [0.2, 0.25) is 0 Å². The van der Waals surface area contributed by atoms with Gasteiger partial charge in [0.1, 0.15) is 17.1 Å². The van der Waals surface area contributed by atoms with Crippen molar-refractivity contribution in [2.45, 2.75) is 18.8 Å². The highest BCUT2D eigenvalue weighted by Gasteiger charge is 2.32. The van der Waals surface area contributed by atoms with Crippen LogP contribution in [-0.4, -0.2) is 43.3 Å². The van der Waals surface area contributed by atoms with E-state index >= 15 is 4.39 Å². The zero-order valence-corrected chi connectivity index (χ0v) is 22.4. The summed E-state index contributed by atoms with van der Waals surface area (Å²) in [5.41, 5.74) is 3.84. The number of hydrogen-bond acceptors (Lipinski definition) is 6. The fourth-order valence-corrected chi connectivity index (χ4v) is 4.29. The van der Waals surface area contributed by atoms with Crippen LogP contribution in [0.1, 0.15) is 33.5 Å². The van der Waals surface area contributed by atoms with Gasteiger partial charge in [0.25, 0.3) is 5.91 Å². The molecule has 4 aromatic rings. The fraction of sp³-hybridized carbons (Fsp3) is 0.200. The lowest BCUT2D eigenvalue weighted by molar-refractivity contribution is -0.137. The molecule has 2 heterocycles. The van der Waals surface area contributed by atoms with Crippen LogP contribution in [0.4, 0.5) is 26.7 Å². The quantitative estimate of drug-likeness (QED) is 0.229. The normalized spacial score (nSPS) is 12.3. The number of aromatic nitrogens is 3. The molecule has 2 aromatic heterocycles. The third-order valence-electron chi connectivity index (χ3n) is 5.72. The minimum atomic E-state index is -4.57. The molecule has 0 aliphatic carbocycles. The van der Waals surface area contributed by atoms with E-state index in [1.54, 1.807) is 13.2 Å². The summed E-state index contributed by atoms with van der Waals surface area (Å²) in [4.78, 5) is 28.8. The third kappa shape index (κ3) is 6.65. The number of amides is 2. The maximum absolute atomic E-state index is 15.0. The molecule has 0 aliphatic heterocycles. The molecule has 16 heteroatoms. The van der Waals surface area contributed by atoms with E-state index in [0.717, 1.165) is 41.3 Å². The first-order valence-corrected chi connectivity index (χ1v) is 12.3. The molecule has 0 bridgehead atoms. The van der Waals surface area contributed by atoms with Crippen molar-refractivity contribution in [3.63, 3.8) is 0 Å². The highest BCUT2D eigenvalue weighted by atomic mass is 79.9. The van der Waals surface area contributed by atoms with E-state index in [-0.39, 0.29) is 28.4 Å². The van der Waals surface area contributed by atoms with Gasteiger partial charge in [-0.25, -0.2) is 18.6 Å². The van der Waals surface area contributed by atoms with Gasteiger partial charge in [-0.2, -0.15) is 18.3 Å². The molecule has 0 aliphatic rings. The number of hydrogen-bond donors (Lipinski definition) is 2. The number of nitrogens with zero attached hydrogens (tertiary/aromatic N) is 4. The van der Waals surface area contributed by atoms with Crippen molar-refractivity contribution < 1.29 is 45.8 Å². The van der Waals surface area contributed by atoms with Crippen LogP contribution in [0.15, 0.2) is 57.9 Å². The molecule has 1 unspecified atom stereocenters. The largest absolute Gasteiger partial charge is 0.476 e. The maximum Gasteiger partial charge on any atom is 0.416 e. The smallest absolute Gasteiger partial charge is 0.416 e. The van der Waals surface area contributed by atoms with Gasteiger partial charge in [-0.05, 0) is 40.2 Å². The van der Waals surface area contributed by atoms with E-state index in [0.29, 0.717) is 5.56 Å². The van der Waals surface area contributed by atoms with Crippen molar-refractivity contribution in [3.05, 3.63) is 87.7 Å². The Bertz CT molecular complexity index is 1590. The number of ether oxygens (including phenoxy) is 1. The summed E-state index contributed by atoms with van der Waals surface area (Å²) >= 11 is 3.14. The van der Waals surface area contributed by atoms with E-state index in [2.05, 4.69) is 26.0 Å². The fourth-order valence-electron chi connectivity index (χ4n) is 3.80. The molecule has 10 nitrogen and oxygen atoms in total. The Morgan fingerprint density at radius 1 is 1.20 bits per heavy atom. The van der Waals surface area contributed by atoms with Crippen LogP contribution in [0.3, 0.4) is 0 Å². The topological polar surface area (TPSA) is 137 Å². The Balaban J connectivity index is 1.74. The van der Waals surface area contributed by atoms with Crippen molar-refractivity contribution in [2.75, 3.05) is 6.54 Å². The molecule has 0 saturated heterocycles. The van der Waals surface area contributed by atoms with Crippen molar-refractivity contribution in [1.29, 1.82) is 0 Å². The number of halogens is 6. The first-order chi connectivity index (χ1) is 19.2. The lowest BCUT2D eigenvalue weighted by Gasteiger charge is -2.24. The second-order valence-electron chi connectivity index (χ2n) is 8.64. The number of carbonyl (C=O) groups excluding carboxylic acids is 1. The Labute approximate surface area is 236 Å². The number of alkyl halides is 3. The molecule has 0 fully saturated rings. The molecule has 4 rings (SSSR count). The second-order valence-corrected chi connectivity index (χ2v) is 9.36.